The third-order valence-electron chi connectivity index (χ3n) is 2.26. The molecule has 0 saturated carbocycles. The van der Waals surface area contributed by atoms with E-state index in [2.05, 4.69) is 10.1 Å². The van der Waals surface area contributed by atoms with E-state index in [0.29, 0.717) is 25.9 Å². The first-order chi connectivity index (χ1) is 8.61. The summed E-state index contributed by atoms with van der Waals surface area (Å²) in [6.45, 7) is -1.95. The maximum Gasteiger partial charge on any atom is 0.387 e. The van der Waals surface area contributed by atoms with Crippen LogP contribution in [0.3, 0.4) is 0 Å². The Bertz CT molecular complexity index is 369. The van der Waals surface area contributed by atoms with Crippen molar-refractivity contribution in [3.05, 3.63) is 29.8 Å². The first-order valence-electron chi connectivity index (χ1n) is 5.62. The highest BCUT2D eigenvalue weighted by Crippen LogP contribution is 2.15. The molecular weight excluding hydrogens is 242 g/mol. The number of ether oxygens (including phenoxy) is 1. The van der Waals surface area contributed by atoms with E-state index in [1.807, 2.05) is 0 Å². The second kappa shape index (κ2) is 7.60. The molecule has 1 aromatic carbocycles. The highest BCUT2D eigenvalue weighted by Gasteiger charge is 2.05. The summed E-state index contributed by atoms with van der Waals surface area (Å²) in [6.07, 6.45) is 0.889. The van der Waals surface area contributed by atoms with Crippen LogP contribution in [0.2, 0.25) is 0 Å². The Morgan fingerprint density at radius 3 is 2.56 bits per heavy atom. The van der Waals surface area contributed by atoms with Crippen LogP contribution in [0.25, 0.3) is 0 Å². The van der Waals surface area contributed by atoms with Crippen molar-refractivity contribution in [1.29, 1.82) is 0 Å². The summed E-state index contributed by atoms with van der Waals surface area (Å²) in [5.74, 6) is 0.0368. The Balaban J connectivity index is 2.37. The molecule has 6 heteroatoms. The molecule has 0 aliphatic rings. The van der Waals surface area contributed by atoms with Crippen molar-refractivity contribution in [1.82, 2.24) is 5.32 Å². The number of nitrogens with one attached hydrogen (secondary N) is 1. The average molecular weight is 258 g/mol. The molecule has 1 aromatic rings. The summed E-state index contributed by atoms with van der Waals surface area (Å²) in [6, 6.07) is 6.24. The number of aryl methyl sites for hydroxylation is 1. The number of carbonyl (C=O) groups excluding carboxylic acids is 1. The lowest BCUT2D eigenvalue weighted by Crippen LogP contribution is -2.29. The molecule has 4 nitrogen and oxygen atoms in total. The molecule has 1 rings (SSSR count). The van der Waals surface area contributed by atoms with Crippen LogP contribution in [-0.4, -0.2) is 25.6 Å². The van der Waals surface area contributed by atoms with Crippen molar-refractivity contribution in [3.8, 4) is 5.75 Å². The largest absolute Gasteiger partial charge is 0.435 e. The summed E-state index contributed by atoms with van der Waals surface area (Å²) in [7, 11) is 0. The van der Waals surface area contributed by atoms with Crippen LogP contribution >= 0.6 is 0 Å². The molecular formula is C12H16F2N2O2. The van der Waals surface area contributed by atoms with E-state index in [0.717, 1.165) is 5.56 Å². The molecule has 3 N–H and O–H groups in total. The van der Waals surface area contributed by atoms with Gasteiger partial charge in [-0.2, -0.15) is 8.78 Å². The van der Waals surface area contributed by atoms with Gasteiger partial charge < -0.3 is 15.8 Å². The Kier molecular flexibility index (Phi) is 6.07. The zero-order valence-corrected chi connectivity index (χ0v) is 9.86. The summed E-state index contributed by atoms with van der Waals surface area (Å²) in [4.78, 5) is 11.3. The molecule has 0 radical (unpaired) electrons. The minimum absolute atomic E-state index is 0.0756. The average Bonchev–Trinajstić information content (AvgIpc) is 2.35. The fourth-order valence-corrected chi connectivity index (χ4v) is 1.40. The minimum Gasteiger partial charge on any atom is -0.435 e. The predicted molar refractivity (Wildman–Crippen MR) is 63.5 cm³/mol. The number of hydrogen-bond acceptors (Lipinski definition) is 3. The quantitative estimate of drug-likeness (QED) is 0.774. The van der Waals surface area contributed by atoms with Gasteiger partial charge in [0.05, 0.1) is 0 Å². The molecule has 0 unspecified atom stereocenters. The molecule has 0 atom stereocenters. The Hall–Kier alpha value is -1.69. The third kappa shape index (κ3) is 5.58. The van der Waals surface area contributed by atoms with E-state index < -0.39 is 6.61 Å². The summed E-state index contributed by atoms with van der Waals surface area (Å²) < 4.78 is 28.0. The number of hydrogen-bond donors (Lipinski definition) is 2. The highest BCUT2D eigenvalue weighted by molar-refractivity contribution is 5.76. The second-order valence-electron chi connectivity index (χ2n) is 3.66. The number of carbonyl (C=O) groups is 1. The van der Waals surface area contributed by atoms with Gasteiger partial charge in [-0.15, -0.1) is 0 Å². The molecule has 0 aromatic heterocycles. The van der Waals surface area contributed by atoms with E-state index in [1.165, 1.54) is 12.1 Å². The Labute approximate surface area is 104 Å². The predicted octanol–water partition coefficient (Wildman–Crippen LogP) is 1.30. The van der Waals surface area contributed by atoms with Gasteiger partial charge in [0, 0.05) is 19.5 Å². The maximum atomic E-state index is 11.9. The van der Waals surface area contributed by atoms with Gasteiger partial charge in [0.15, 0.2) is 0 Å². The minimum atomic E-state index is -2.82. The van der Waals surface area contributed by atoms with E-state index >= 15 is 0 Å². The van der Waals surface area contributed by atoms with Gasteiger partial charge in [-0.3, -0.25) is 4.79 Å². The van der Waals surface area contributed by atoms with Gasteiger partial charge in [0.2, 0.25) is 5.91 Å². The number of halogens is 2. The normalized spacial score (nSPS) is 10.4. The Morgan fingerprint density at radius 1 is 1.33 bits per heavy atom. The van der Waals surface area contributed by atoms with Crippen molar-refractivity contribution in [2.45, 2.75) is 19.5 Å². The van der Waals surface area contributed by atoms with Gasteiger partial charge in [0.25, 0.3) is 0 Å². The number of benzene rings is 1. The summed E-state index contributed by atoms with van der Waals surface area (Å²) >= 11 is 0. The van der Waals surface area contributed by atoms with Gasteiger partial charge >= 0.3 is 6.61 Å². The fourth-order valence-electron chi connectivity index (χ4n) is 1.40. The van der Waals surface area contributed by atoms with Crippen LogP contribution in [0.1, 0.15) is 12.0 Å². The first kappa shape index (κ1) is 14.4. The standard InChI is InChI=1S/C12H16F2N2O2/c13-12(14)18-10-4-1-9(2-5-10)3-6-11(17)16-8-7-15/h1-2,4-5,12H,3,6-8,15H2,(H,16,17). The van der Waals surface area contributed by atoms with Crippen molar-refractivity contribution in [3.63, 3.8) is 0 Å². The van der Waals surface area contributed by atoms with E-state index in [-0.39, 0.29) is 11.7 Å². The zero-order chi connectivity index (χ0) is 13.4. The lowest BCUT2D eigenvalue weighted by atomic mass is 10.1. The van der Waals surface area contributed by atoms with Crippen molar-refractivity contribution in [2.24, 2.45) is 5.73 Å². The smallest absolute Gasteiger partial charge is 0.387 e. The summed E-state index contributed by atoms with van der Waals surface area (Å²) in [5, 5.41) is 2.65. The van der Waals surface area contributed by atoms with Gasteiger partial charge in [-0.05, 0) is 24.1 Å². The van der Waals surface area contributed by atoms with E-state index in [1.54, 1.807) is 12.1 Å². The van der Waals surface area contributed by atoms with Crippen LogP contribution in [-0.2, 0) is 11.2 Å². The van der Waals surface area contributed by atoms with Gasteiger partial charge in [0.1, 0.15) is 5.75 Å². The van der Waals surface area contributed by atoms with Gasteiger partial charge in [-0.25, -0.2) is 0 Å². The third-order valence-corrected chi connectivity index (χ3v) is 2.26. The van der Waals surface area contributed by atoms with Crippen LogP contribution < -0.4 is 15.8 Å². The topological polar surface area (TPSA) is 64.3 Å². The van der Waals surface area contributed by atoms with Gasteiger partial charge in [-0.1, -0.05) is 12.1 Å². The number of nitrogens with two attached hydrogens (primary N) is 1. The molecule has 0 aliphatic heterocycles. The van der Waals surface area contributed by atoms with Crippen LogP contribution in [0.15, 0.2) is 24.3 Å². The molecule has 100 valence electrons. The van der Waals surface area contributed by atoms with Crippen molar-refractivity contribution >= 4 is 5.91 Å². The Morgan fingerprint density at radius 2 is 2.00 bits per heavy atom. The lowest BCUT2D eigenvalue weighted by molar-refractivity contribution is -0.121. The van der Waals surface area contributed by atoms with Crippen LogP contribution in [0, 0.1) is 0 Å². The van der Waals surface area contributed by atoms with E-state index in [4.69, 9.17) is 5.73 Å². The van der Waals surface area contributed by atoms with Crippen LogP contribution in [0.5, 0.6) is 5.75 Å². The molecule has 0 aliphatic carbocycles. The number of amides is 1. The van der Waals surface area contributed by atoms with Crippen molar-refractivity contribution in [2.75, 3.05) is 13.1 Å². The van der Waals surface area contributed by atoms with Crippen LogP contribution in [0.4, 0.5) is 8.78 Å². The fraction of sp³-hybridized carbons (Fsp3) is 0.417. The molecule has 0 fully saturated rings. The molecule has 18 heavy (non-hydrogen) atoms. The number of alkyl halides is 2. The second-order valence-corrected chi connectivity index (χ2v) is 3.66. The monoisotopic (exact) mass is 258 g/mol. The number of rotatable bonds is 7. The lowest BCUT2D eigenvalue weighted by Gasteiger charge is -2.06. The molecule has 0 saturated heterocycles. The molecule has 0 spiro atoms. The van der Waals surface area contributed by atoms with Crippen molar-refractivity contribution < 1.29 is 18.3 Å². The molecule has 0 bridgehead atoms. The summed E-state index contributed by atoms with van der Waals surface area (Å²) in [5.41, 5.74) is 6.14. The first-order valence-corrected chi connectivity index (χ1v) is 5.62. The molecule has 0 heterocycles. The zero-order valence-electron chi connectivity index (χ0n) is 9.86. The van der Waals surface area contributed by atoms with E-state index in [9.17, 15) is 13.6 Å². The highest BCUT2D eigenvalue weighted by atomic mass is 19.3. The maximum absolute atomic E-state index is 11.9. The molecule has 1 amide bonds. The SMILES string of the molecule is NCCNC(=O)CCc1ccc(OC(F)F)cc1.